The van der Waals surface area contributed by atoms with Gasteiger partial charge in [0.1, 0.15) is 12.4 Å². The van der Waals surface area contributed by atoms with Crippen LogP contribution in [0.1, 0.15) is 25.7 Å². The lowest BCUT2D eigenvalue weighted by atomic mass is 9.84. The number of nitrogens with zero attached hydrogens (tertiary/aromatic N) is 2. The number of hydrogen-bond acceptors (Lipinski definition) is 4. The smallest absolute Gasteiger partial charge is 0.151 e. The second-order valence-corrected chi connectivity index (χ2v) is 5.99. The van der Waals surface area contributed by atoms with Gasteiger partial charge in [0.15, 0.2) is 6.61 Å². The second-order valence-electron chi connectivity index (χ2n) is 5.99. The molecule has 21 heavy (non-hydrogen) atoms. The maximum absolute atomic E-state index is 5.58. The fraction of sp³-hybridized carbons (Fsp3) is 0.588. The van der Waals surface area contributed by atoms with Crippen LogP contribution in [0.25, 0.3) is 0 Å². The van der Waals surface area contributed by atoms with Gasteiger partial charge in [-0.15, -0.1) is 0 Å². The minimum Gasteiger partial charge on any atom is -0.490 e. The van der Waals surface area contributed by atoms with Gasteiger partial charge in [0.2, 0.25) is 0 Å². The van der Waals surface area contributed by atoms with Gasteiger partial charge in [0.25, 0.3) is 0 Å². The van der Waals surface area contributed by atoms with Gasteiger partial charge in [-0.2, -0.15) is 0 Å². The summed E-state index contributed by atoms with van der Waals surface area (Å²) in [5, 5.41) is 4.32. The first-order chi connectivity index (χ1) is 10.3. The van der Waals surface area contributed by atoms with Crippen molar-refractivity contribution in [3.63, 3.8) is 0 Å². The highest BCUT2D eigenvalue weighted by Gasteiger charge is 2.35. The predicted molar refractivity (Wildman–Crippen MR) is 83.7 cm³/mol. The van der Waals surface area contributed by atoms with Crippen molar-refractivity contribution in [1.29, 1.82) is 0 Å². The summed E-state index contributed by atoms with van der Waals surface area (Å²) < 4.78 is 5.58. The predicted octanol–water partition coefficient (Wildman–Crippen LogP) is 2.94. The topological polar surface area (TPSA) is 34.1 Å². The van der Waals surface area contributed by atoms with Crippen LogP contribution in [-0.2, 0) is 4.84 Å². The summed E-state index contributed by atoms with van der Waals surface area (Å²) in [4.78, 5) is 7.89. The number of likely N-dealkylation sites (tertiary alicyclic amines) is 1. The molecule has 1 heterocycles. The Balaban J connectivity index is 1.38. The Hall–Kier alpha value is -1.55. The van der Waals surface area contributed by atoms with Gasteiger partial charge >= 0.3 is 0 Å². The summed E-state index contributed by atoms with van der Waals surface area (Å²) >= 11 is 0. The zero-order valence-electron chi connectivity index (χ0n) is 12.7. The Morgan fingerprint density at radius 3 is 2.90 bits per heavy atom. The van der Waals surface area contributed by atoms with Crippen molar-refractivity contribution >= 4 is 5.71 Å². The Kier molecular flexibility index (Phi) is 4.76. The number of para-hydroxylation sites is 1. The Morgan fingerprint density at radius 2 is 2.05 bits per heavy atom. The fourth-order valence-electron chi connectivity index (χ4n) is 3.38. The standard InChI is InChI=1S/C17H24N2O2/c1-19-10-9-14-7-8-15(13-17(14)19)18-21-12-11-20-16-5-3-2-4-6-16/h2-6,14,17H,7-13H2,1H3/b18-15+/t14?,17-/m0/s1. The van der Waals surface area contributed by atoms with E-state index in [1.807, 2.05) is 30.3 Å². The first-order valence-corrected chi connectivity index (χ1v) is 7.89. The molecule has 2 fully saturated rings. The maximum atomic E-state index is 5.58. The van der Waals surface area contributed by atoms with E-state index >= 15 is 0 Å². The third kappa shape index (κ3) is 3.76. The van der Waals surface area contributed by atoms with E-state index in [2.05, 4.69) is 17.1 Å². The van der Waals surface area contributed by atoms with Crippen LogP contribution >= 0.6 is 0 Å². The molecule has 4 nitrogen and oxygen atoms in total. The van der Waals surface area contributed by atoms with Crippen LogP contribution in [0.5, 0.6) is 5.75 Å². The van der Waals surface area contributed by atoms with E-state index in [4.69, 9.17) is 9.57 Å². The third-order valence-electron chi connectivity index (χ3n) is 4.59. The highest BCUT2D eigenvalue weighted by molar-refractivity contribution is 5.85. The molecule has 4 heteroatoms. The summed E-state index contributed by atoms with van der Waals surface area (Å²) in [6, 6.07) is 10.5. The van der Waals surface area contributed by atoms with Gasteiger partial charge in [-0.05, 0) is 50.9 Å². The first-order valence-electron chi connectivity index (χ1n) is 7.89. The van der Waals surface area contributed by atoms with Crippen molar-refractivity contribution in [2.75, 3.05) is 26.8 Å². The van der Waals surface area contributed by atoms with E-state index in [1.165, 1.54) is 25.1 Å². The molecule has 2 aliphatic rings. The van der Waals surface area contributed by atoms with E-state index in [0.29, 0.717) is 19.3 Å². The largest absolute Gasteiger partial charge is 0.490 e. The molecule has 1 aromatic carbocycles. The maximum Gasteiger partial charge on any atom is 0.151 e. The highest BCUT2D eigenvalue weighted by atomic mass is 16.6. The normalized spacial score (nSPS) is 27.6. The quantitative estimate of drug-likeness (QED) is 0.617. The van der Waals surface area contributed by atoms with E-state index in [-0.39, 0.29) is 0 Å². The molecule has 0 amide bonds. The summed E-state index contributed by atoms with van der Waals surface area (Å²) in [6.07, 6.45) is 4.77. The molecular weight excluding hydrogens is 264 g/mol. The fourth-order valence-corrected chi connectivity index (χ4v) is 3.38. The number of rotatable bonds is 5. The molecular formula is C17H24N2O2. The van der Waals surface area contributed by atoms with Crippen molar-refractivity contribution in [2.45, 2.75) is 31.7 Å². The molecule has 1 unspecified atom stereocenters. The first kappa shape index (κ1) is 14.4. The number of benzene rings is 1. The van der Waals surface area contributed by atoms with Crippen LogP contribution in [0.2, 0.25) is 0 Å². The summed E-state index contributed by atoms with van der Waals surface area (Å²) in [5.41, 5.74) is 1.21. The van der Waals surface area contributed by atoms with Gasteiger partial charge in [0, 0.05) is 12.5 Å². The number of hydrogen-bond donors (Lipinski definition) is 0. The minimum absolute atomic E-state index is 0.502. The Labute approximate surface area is 126 Å². The van der Waals surface area contributed by atoms with Gasteiger partial charge in [-0.3, -0.25) is 0 Å². The molecule has 1 saturated heterocycles. The van der Waals surface area contributed by atoms with Crippen LogP contribution in [-0.4, -0.2) is 43.5 Å². The lowest BCUT2D eigenvalue weighted by Crippen LogP contribution is -2.35. The molecule has 0 N–H and O–H groups in total. The number of ether oxygens (including phenoxy) is 1. The van der Waals surface area contributed by atoms with Gasteiger partial charge < -0.3 is 14.5 Å². The average molecular weight is 288 g/mol. The van der Waals surface area contributed by atoms with Crippen molar-refractivity contribution in [3.05, 3.63) is 30.3 Å². The molecule has 1 aliphatic carbocycles. The van der Waals surface area contributed by atoms with E-state index in [0.717, 1.165) is 24.5 Å². The minimum atomic E-state index is 0.502. The number of oxime groups is 1. The van der Waals surface area contributed by atoms with Crippen molar-refractivity contribution in [1.82, 2.24) is 4.90 Å². The Bertz CT molecular complexity index is 475. The summed E-state index contributed by atoms with van der Waals surface area (Å²) in [7, 11) is 2.22. The van der Waals surface area contributed by atoms with Crippen LogP contribution in [0, 0.1) is 5.92 Å². The third-order valence-corrected chi connectivity index (χ3v) is 4.59. The van der Waals surface area contributed by atoms with Crippen LogP contribution < -0.4 is 4.74 Å². The lowest BCUT2D eigenvalue weighted by molar-refractivity contribution is 0.104. The zero-order valence-corrected chi connectivity index (χ0v) is 12.7. The van der Waals surface area contributed by atoms with Gasteiger partial charge in [0.05, 0.1) is 5.71 Å². The second kappa shape index (κ2) is 6.94. The molecule has 0 spiro atoms. The van der Waals surface area contributed by atoms with Crippen molar-refractivity contribution in [3.8, 4) is 5.75 Å². The van der Waals surface area contributed by atoms with Crippen molar-refractivity contribution < 1.29 is 9.57 Å². The van der Waals surface area contributed by atoms with Gasteiger partial charge in [-0.25, -0.2) is 0 Å². The van der Waals surface area contributed by atoms with E-state index in [1.54, 1.807) is 0 Å². The summed E-state index contributed by atoms with van der Waals surface area (Å²) in [5.74, 6) is 1.75. The molecule has 1 aromatic rings. The molecule has 3 rings (SSSR count). The Morgan fingerprint density at radius 1 is 1.19 bits per heavy atom. The van der Waals surface area contributed by atoms with E-state index in [9.17, 15) is 0 Å². The monoisotopic (exact) mass is 288 g/mol. The molecule has 114 valence electrons. The molecule has 0 aromatic heterocycles. The molecule has 1 saturated carbocycles. The van der Waals surface area contributed by atoms with Crippen LogP contribution in [0.3, 0.4) is 0 Å². The van der Waals surface area contributed by atoms with Gasteiger partial charge in [-0.1, -0.05) is 23.4 Å². The van der Waals surface area contributed by atoms with Crippen LogP contribution in [0.15, 0.2) is 35.5 Å². The SMILES string of the molecule is CN1CCC2CC/C(=N\OCCOc3ccccc3)C[C@@H]21. The lowest BCUT2D eigenvalue weighted by Gasteiger charge is -2.29. The van der Waals surface area contributed by atoms with Crippen LogP contribution in [0.4, 0.5) is 0 Å². The average Bonchev–Trinajstić information content (AvgIpc) is 2.89. The molecule has 0 bridgehead atoms. The molecule has 1 aliphatic heterocycles. The number of fused-ring (bicyclic) bond motifs is 1. The van der Waals surface area contributed by atoms with Crippen molar-refractivity contribution in [2.24, 2.45) is 11.1 Å². The zero-order chi connectivity index (χ0) is 14.5. The summed E-state index contributed by atoms with van der Waals surface area (Å²) in [6.45, 7) is 2.27. The molecule has 0 radical (unpaired) electrons. The molecule has 2 atom stereocenters. The highest BCUT2D eigenvalue weighted by Crippen LogP contribution is 2.34. The van der Waals surface area contributed by atoms with E-state index < -0.39 is 0 Å².